The molecule has 0 spiro atoms. The zero-order valence-corrected chi connectivity index (χ0v) is 24.0. The summed E-state index contributed by atoms with van der Waals surface area (Å²) in [7, 11) is -1.93. The van der Waals surface area contributed by atoms with Gasteiger partial charge in [0.25, 0.3) is 0 Å². The van der Waals surface area contributed by atoms with Gasteiger partial charge in [-0.1, -0.05) is 48.5 Å². The number of nitrogens with two attached hydrogens (primary N) is 1. The molecular weight excluding hydrogens is 575 g/mol. The van der Waals surface area contributed by atoms with Gasteiger partial charge in [-0.05, 0) is 60.6 Å². The van der Waals surface area contributed by atoms with E-state index in [1.807, 2.05) is 54.6 Å². The molecule has 1 aliphatic rings. The Morgan fingerprint density at radius 2 is 1.90 bits per heavy atom. The fourth-order valence-electron chi connectivity index (χ4n) is 4.82. The Balaban J connectivity index is 1.44. The predicted molar refractivity (Wildman–Crippen MR) is 159 cm³/mol. The minimum Gasteiger partial charge on any atom is -0.489 e. The lowest BCUT2D eigenvalue weighted by Crippen LogP contribution is -2.07. The minimum absolute atomic E-state index is 0.0465. The summed E-state index contributed by atoms with van der Waals surface area (Å²) in [5.41, 5.74) is 4.94. The largest absolute Gasteiger partial charge is 0.489 e. The van der Waals surface area contributed by atoms with E-state index in [4.69, 9.17) is 15.0 Å². The van der Waals surface area contributed by atoms with E-state index in [1.165, 1.54) is 28.8 Å². The molecule has 2 heterocycles. The highest BCUT2D eigenvalue weighted by Crippen LogP contribution is 2.38. The number of nitrogens with zero attached hydrogens (tertiary/aromatic N) is 3. The lowest BCUT2D eigenvalue weighted by molar-refractivity contribution is 0.0691. The third-order valence-electron chi connectivity index (χ3n) is 7.11. The number of ether oxygens (including phenoxy) is 1. The Bertz CT molecular complexity index is 1780. The van der Waals surface area contributed by atoms with Gasteiger partial charge < -0.3 is 9.84 Å². The summed E-state index contributed by atoms with van der Waals surface area (Å²) in [5, 5.41) is 21.8. The van der Waals surface area contributed by atoms with Crippen molar-refractivity contribution in [3.05, 3.63) is 112 Å². The Kier molecular flexibility index (Phi) is 7.96. The molecule has 42 heavy (non-hydrogen) atoms. The fourth-order valence-corrected chi connectivity index (χ4v) is 6.05. The average molecular weight is 603 g/mol. The minimum atomic E-state index is -1.93. The molecule has 0 radical (unpaired) electrons. The van der Waals surface area contributed by atoms with Crippen molar-refractivity contribution in [3.8, 4) is 22.1 Å². The molecule has 1 fully saturated rings. The molecule has 5 aromatic rings. The normalized spacial score (nSPS) is 13.7. The number of halogens is 1. The van der Waals surface area contributed by atoms with Gasteiger partial charge in [0.2, 0.25) is 5.13 Å². The second kappa shape index (κ2) is 12.0. The first-order valence-electron chi connectivity index (χ1n) is 13.4. The maximum atomic E-state index is 14.8. The van der Waals surface area contributed by atoms with E-state index in [1.54, 1.807) is 10.7 Å². The van der Waals surface area contributed by atoms with E-state index in [9.17, 15) is 18.5 Å². The SMILES string of the molecule is NS(=O)c1ccc(Cc2c(-c3cccc(OCc4ccccc4)c3)nn(-c3nc(C(=O)O)cs3)c2CC2CC2)cc1F. The van der Waals surface area contributed by atoms with E-state index < -0.39 is 22.8 Å². The van der Waals surface area contributed by atoms with Crippen LogP contribution in [0.5, 0.6) is 5.75 Å². The number of rotatable bonds is 11. The van der Waals surface area contributed by atoms with E-state index in [0.29, 0.717) is 41.1 Å². The number of hydrogen-bond acceptors (Lipinski definition) is 6. The molecular formula is C31H27FN4O4S2. The van der Waals surface area contributed by atoms with Crippen LogP contribution in [-0.2, 0) is 30.4 Å². The summed E-state index contributed by atoms with van der Waals surface area (Å²) in [6, 6.07) is 22.0. The standard InChI is InChI=1S/C31H27FN4O4S2/c32-25-14-21(11-12-28(25)42(33)39)13-24-27(15-19-9-10-19)36(31-34-26(18-41-31)30(37)38)35-29(24)22-7-4-8-23(16-22)40-17-20-5-2-1-3-6-20/h1-8,11-12,14,16,18-19H,9-10,13,15,17,33H2,(H,37,38). The van der Waals surface area contributed by atoms with Crippen molar-refractivity contribution in [1.82, 2.24) is 14.8 Å². The summed E-state index contributed by atoms with van der Waals surface area (Å²) >= 11 is 1.21. The van der Waals surface area contributed by atoms with E-state index in [2.05, 4.69) is 4.98 Å². The zero-order chi connectivity index (χ0) is 29.2. The highest BCUT2D eigenvalue weighted by molar-refractivity contribution is 7.82. The summed E-state index contributed by atoms with van der Waals surface area (Å²) < 4.78 is 34.3. The van der Waals surface area contributed by atoms with Crippen LogP contribution >= 0.6 is 11.3 Å². The van der Waals surface area contributed by atoms with E-state index in [0.717, 1.165) is 41.6 Å². The number of carboxylic acid groups (broad SMARTS) is 1. The first-order valence-corrected chi connectivity index (χ1v) is 15.5. The van der Waals surface area contributed by atoms with Crippen LogP contribution in [0.3, 0.4) is 0 Å². The van der Waals surface area contributed by atoms with E-state index >= 15 is 0 Å². The number of aromatic nitrogens is 3. The van der Waals surface area contributed by atoms with Crippen molar-refractivity contribution < 1.29 is 23.2 Å². The Morgan fingerprint density at radius 1 is 1.10 bits per heavy atom. The maximum Gasteiger partial charge on any atom is 0.355 e. The first-order chi connectivity index (χ1) is 20.4. The van der Waals surface area contributed by atoms with Gasteiger partial charge in [0, 0.05) is 22.9 Å². The second-order valence-corrected chi connectivity index (χ2v) is 12.1. The molecule has 3 N–H and O–H groups in total. The molecule has 3 aromatic carbocycles. The monoisotopic (exact) mass is 602 g/mol. The molecule has 0 aliphatic heterocycles. The predicted octanol–water partition coefficient (Wildman–Crippen LogP) is 5.94. The van der Waals surface area contributed by atoms with Crippen molar-refractivity contribution >= 4 is 28.3 Å². The van der Waals surface area contributed by atoms with Crippen molar-refractivity contribution in [2.45, 2.75) is 37.2 Å². The number of aromatic carboxylic acids is 1. The van der Waals surface area contributed by atoms with Crippen LogP contribution < -0.4 is 9.88 Å². The fraction of sp³-hybridized carbons (Fsp3) is 0.194. The molecule has 8 nitrogen and oxygen atoms in total. The van der Waals surface area contributed by atoms with Crippen LogP contribution in [0.25, 0.3) is 16.4 Å². The van der Waals surface area contributed by atoms with Crippen molar-refractivity contribution in [1.29, 1.82) is 0 Å². The van der Waals surface area contributed by atoms with Crippen LogP contribution in [0.4, 0.5) is 4.39 Å². The number of carbonyl (C=O) groups is 1. The second-order valence-electron chi connectivity index (χ2n) is 10.2. The Labute approximate surface area is 248 Å². The third-order valence-corrected chi connectivity index (χ3v) is 8.69. The van der Waals surface area contributed by atoms with Gasteiger partial charge in [0.05, 0.1) is 16.3 Å². The maximum absolute atomic E-state index is 14.8. The van der Waals surface area contributed by atoms with E-state index in [-0.39, 0.29) is 10.6 Å². The summed E-state index contributed by atoms with van der Waals surface area (Å²) in [6.07, 6.45) is 3.25. The van der Waals surface area contributed by atoms with Gasteiger partial charge in [-0.2, -0.15) is 5.10 Å². The molecule has 1 atom stereocenters. The Hall–Kier alpha value is -4.19. The van der Waals surface area contributed by atoms with Gasteiger partial charge in [-0.3, -0.25) is 0 Å². The van der Waals surface area contributed by atoms with Crippen LogP contribution in [0, 0.1) is 11.7 Å². The summed E-state index contributed by atoms with van der Waals surface area (Å²) in [6.45, 7) is 0.406. The molecule has 1 saturated carbocycles. The average Bonchev–Trinajstić information content (AvgIpc) is 3.54. The highest BCUT2D eigenvalue weighted by Gasteiger charge is 2.29. The lowest BCUT2D eigenvalue weighted by atomic mass is 9.97. The quantitative estimate of drug-likeness (QED) is 0.193. The third kappa shape index (κ3) is 6.18. The molecule has 0 amide bonds. The molecule has 11 heteroatoms. The van der Waals surface area contributed by atoms with Gasteiger partial charge in [0.15, 0.2) is 5.69 Å². The van der Waals surface area contributed by atoms with Crippen LogP contribution in [0.2, 0.25) is 0 Å². The highest BCUT2D eigenvalue weighted by atomic mass is 32.2. The molecule has 1 aliphatic carbocycles. The van der Waals surface area contributed by atoms with Crippen molar-refractivity contribution in [2.75, 3.05) is 0 Å². The first kappa shape index (κ1) is 28.0. The topological polar surface area (TPSA) is 120 Å². The van der Waals surface area contributed by atoms with Crippen molar-refractivity contribution in [2.24, 2.45) is 11.1 Å². The van der Waals surface area contributed by atoms with Crippen LogP contribution in [-0.4, -0.2) is 30.0 Å². The number of carboxylic acids is 1. The molecule has 6 rings (SSSR count). The van der Waals surface area contributed by atoms with Crippen molar-refractivity contribution in [3.63, 3.8) is 0 Å². The molecule has 214 valence electrons. The smallest absolute Gasteiger partial charge is 0.355 e. The van der Waals surface area contributed by atoms with Crippen LogP contribution in [0.1, 0.15) is 45.7 Å². The summed E-state index contributed by atoms with van der Waals surface area (Å²) in [5.74, 6) is -0.590. The van der Waals surface area contributed by atoms with Gasteiger partial charge in [-0.15, -0.1) is 11.3 Å². The molecule has 0 saturated heterocycles. The number of thiazole rings is 1. The Morgan fingerprint density at radius 3 is 2.60 bits per heavy atom. The van der Waals surface area contributed by atoms with Crippen LogP contribution in [0.15, 0.2) is 83.1 Å². The van der Waals surface area contributed by atoms with Gasteiger partial charge in [-0.25, -0.2) is 28.2 Å². The lowest BCUT2D eigenvalue weighted by Gasteiger charge is -2.11. The van der Waals surface area contributed by atoms with Gasteiger partial charge in [0.1, 0.15) is 29.2 Å². The number of benzene rings is 3. The van der Waals surface area contributed by atoms with Gasteiger partial charge >= 0.3 is 5.97 Å². The summed E-state index contributed by atoms with van der Waals surface area (Å²) in [4.78, 5) is 15.9. The molecule has 1 unspecified atom stereocenters. The number of hydrogen-bond donors (Lipinski definition) is 2. The molecule has 0 bridgehead atoms. The molecule has 2 aromatic heterocycles. The zero-order valence-electron chi connectivity index (χ0n) is 22.4.